The minimum atomic E-state index is -0.823. The molecule has 0 aromatic heterocycles. The molecule has 12 heteroatoms. The molecule has 0 unspecified atom stereocenters. The molecule has 0 radical (unpaired) electrons. The van der Waals surface area contributed by atoms with Gasteiger partial charge in [-0.05, 0) is 71.8 Å². The summed E-state index contributed by atoms with van der Waals surface area (Å²) in [7, 11) is 0. The average Bonchev–Trinajstić information content (AvgIpc) is 3.00. The monoisotopic (exact) mass is 744 g/mol. The zero-order valence-electron chi connectivity index (χ0n) is 23.6. The zero-order chi connectivity index (χ0) is 33.7. The van der Waals surface area contributed by atoms with E-state index in [-0.39, 0.29) is 64.1 Å². The first-order chi connectivity index (χ1) is 22.5. The van der Waals surface area contributed by atoms with Gasteiger partial charge in [0.05, 0.1) is 46.8 Å². The molecule has 47 heavy (non-hydrogen) atoms. The third-order valence-corrected chi connectivity index (χ3v) is 8.27. The molecule has 0 atom stereocenters. The topological polar surface area (TPSA) is 78.9 Å². The van der Waals surface area contributed by atoms with Gasteiger partial charge in [-0.1, -0.05) is 112 Å². The second-order valence-corrected chi connectivity index (χ2v) is 12.0. The van der Waals surface area contributed by atoms with Crippen LogP contribution in [0.2, 0.25) is 30.1 Å². The summed E-state index contributed by atoms with van der Waals surface area (Å²) < 4.78 is 16.6. The first-order valence-corrected chi connectivity index (χ1v) is 15.7. The van der Waals surface area contributed by atoms with E-state index in [1.165, 1.54) is 42.5 Å². The van der Waals surface area contributed by atoms with Gasteiger partial charge < -0.3 is 14.2 Å². The van der Waals surface area contributed by atoms with Crippen molar-refractivity contribution in [3.05, 3.63) is 155 Å². The molecule has 0 spiro atoms. The average molecular weight is 747 g/mol. The molecule has 0 amide bonds. The van der Waals surface area contributed by atoms with Crippen molar-refractivity contribution in [2.45, 2.75) is 0 Å². The van der Waals surface area contributed by atoms with Crippen LogP contribution >= 0.6 is 69.6 Å². The van der Waals surface area contributed by atoms with Crippen LogP contribution in [0.1, 0.15) is 42.2 Å². The second kappa shape index (κ2) is 15.3. The van der Waals surface area contributed by atoms with Gasteiger partial charge in [0.15, 0.2) is 0 Å². The summed E-state index contributed by atoms with van der Waals surface area (Å²) in [5, 5.41) is 0.741. The molecule has 0 aliphatic carbocycles. The third-order valence-electron chi connectivity index (χ3n) is 6.38. The van der Waals surface area contributed by atoms with Gasteiger partial charge in [0.25, 0.3) is 0 Å². The van der Waals surface area contributed by atoms with Crippen LogP contribution in [0.3, 0.4) is 0 Å². The van der Waals surface area contributed by atoms with Gasteiger partial charge in [-0.3, -0.25) is 0 Å². The molecule has 0 heterocycles. The number of halogens is 6. The van der Waals surface area contributed by atoms with Crippen LogP contribution in [0, 0.1) is 0 Å². The van der Waals surface area contributed by atoms with Gasteiger partial charge in [0, 0.05) is 6.07 Å². The van der Waals surface area contributed by atoms with Gasteiger partial charge in [-0.2, -0.15) is 0 Å². The maximum atomic E-state index is 13.0. The molecule has 5 rings (SSSR count). The lowest BCUT2D eigenvalue weighted by atomic mass is 10.1. The van der Waals surface area contributed by atoms with Gasteiger partial charge in [-0.25, -0.2) is 14.4 Å². The molecule has 0 saturated carbocycles. The first kappa shape index (κ1) is 34.3. The van der Waals surface area contributed by atoms with Crippen LogP contribution in [-0.2, 0) is 0 Å². The molecule has 0 aliphatic rings. The molecule has 0 saturated heterocycles. The molecule has 236 valence electrons. The van der Waals surface area contributed by atoms with E-state index < -0.39 is 17.9 Å². The quantitative estimate of drug-likeness (QED) is 0.0893. The SMILES string of the molecule is O=C(Oc1ccc(/C=C/c2cc(OC(=O)c3c(Cl)cccc3Cl)cc(OC(=O)c3c(Cl)cccc3Cl)c2)cc1)c1c(Cl)cccc1Cl. The van der Waals surface area contributed by atoms with Crippen molar-refractivity contribution in [2.75, 3.05) is 0 Å². The summed E-state index contributed by atoms with van der Waals surface area (Å²) in [6, 6.07) is 24.9. The maximum Gasteiger partial charge on any atom is 0.346 e. The Bertz CT molecular complexity index is 1900. The molecule has 0 N–H and O–H groups in total. The number of carbonyl (C=O) groups is 3. The number of esters is 3. The Balaban J connectivity index is 1.40. The van der Waals surface area contributed by atoms with Crippen LogP contribution in [0.5, 0.6) is 17.2 Å². The highest BCUT2D eigenvalue weighted by molar-refractivity contribution is 6.40. The molecule has 0 aliphatic heterocycles. The largest absolute Gasteiger partial charge is 0.423 e. The Hall–Kier alpha value is -4.01. The van der Waals surface area contributed by atoms with E-state index >= 15 is 0 Å². The fraction of sp³-hybridized carbons (Fsp3) is 0. The van der Waals surface area contributed by atoms with E-state index in [2.05, 4.69) is 0 Å². The lowest BCUT2D eigenvalue weighted by Crippen LogP contribution is -2.12. The number of hydrogen-bond donors (Lipinski definition) is 0. The summed E-state index contributed by atoms with van der Waals surface area (Å²) in [5.41, 5.74) is 1.20. The number of benzene rings is 5. The van der Waals surface area contributed by atoms with E-state index in [0.717, 1.165) is 0 Å². The van der Waals surface area contributed by atoms with E-state index in [1.54, 1.807) is 66.7 Å². The van der Waals surface area contributed by atoms with E-state index in [9.17, 15) is 14.4 Å². The standard InChI is InChI=1S/C35H18Cl6O6/c36-24-4-1-5-25(37)30(24)33(42)45-21-14-12-19(13-15-21)10-11-20-16-22(46-34(43)31-26(38)6-2-7-27(31)39)18-23(17-20)47-35(44)32-28(40)8-3-9-29(32)41/h1-18H/b11-10+. The van der Waals surface area contributed by atoms with Crippen LogP contribution in [-0.4, -0.2) is 17.9 Å². The van der Waals surface area contributed by atoms with Crippen LogP contribution < -0.4 is 14.2 Å². The van der Waals surface area contributed by atoms with Crippen LogP contribution in [0.25, 0.3) is 12.2 Å². The fourth-order valence-corrected chi connectivity index (χ4v) is 5.86. The smallest absolute Gasteiger partial charge is 0.346 e. The summed E-state index contributed by atoms with van der Waals surface area (Å²) in [5.74, 6) is -2.02. The van der Waals surface area contributed by atoms with E-state index in [1.807, 2.05) is 0 Å². The molecular weight excluding hydrogens is 729 g/mol. The van der Waals surface area contributed by atoms with Crippen LogP contribution in [0.4, 0.5) is 0 Å². The van der Waals surface area contributed by atoms with Gasteiger partial charge in [-0.15, -0.1) is 0 Å². The van der Waals surface area contributed by atoms with Crippen LogP contribution in [0.15, 0.2) is 97.1 Å². The Morgan fingerprint density at radius 1 is 0.404 bits per heavy atom. The van der Waals surface area contributed by atoms with E-state index in [0.29, 0.717) is 11.1 Å². The van der Waals surface area contributed by atoms with Gasteiger partial charge in [0.1, 0.15) is 17.2 Å². The van der Waals surface area contributed by atoms with Crippen molar-refractivity contribution in [1.82, 2.24) is 0 Å². The molecular formula is C35H18Cl6O6. The number of rotatable bonds is 8. The predicted molar refractivity (Wildman–Crippen MR) is 186 cm³/mol. The maximum absolute atomic E-state index is 13.0. The van der Waals surface area contributed by atoms with Crippen molar-refractivity contribution < 1.29 is 28.6 Å². The van der Waals surface area contributed by atoms with Crippen molar-refractivity contribution in [3.8, 4) is 17.2 Å². The number of ether oxygens (including phenoxy) is 3. The molecule has 0 fully saturated rings. The van der Waals surface area contributed by atoms with Crippen molar-refractivity contribution in [1.29, 1.82) is 0 Å². The molecule has 0 bridgehead atoms. The Morgan fingerprint density at radius 3 is 1.09 bits per heavy atom. The highest BCUT2D eigenvalue weighted by atomic mass is 35.5. The highest BCUT2D eigenvalue weighted by Gasteiger charge is 2.21. The normalized spacial score (nSPS) is 10.9. The number of hydrogen-bond acceptors (Lipinski definition) is 6. The summed E-state index contributed by atoms with van der Waals surface area (Å²) in [4.78, 5) is 38.7. The van der Waals surface area contributed by atoms with Crippen molar-refractivity contribution in [2.24, 2.45) is 0 Å². The van der Waals surface area contributed by atoms with Gasteiger partial charge >= 0.3 is 17.9 Å². The van der Waals surface area contributed by atoms with E-state index in [4.69, 9.17) is 83.8 Å². The lowest BCUT2D eigenvalue weighted by Gasteiger charge is -2.12. The fourth-order valence-electron chi connectivity index (χ4n) is 4.20. The molecule has 5 aromatic carbocycles. The molecule has 5 aromatic rings. The van der Waals surface area contributed by atoms with Crippen molar-refractivity contribution >= 4 is 99.7 Å². The van der Waals surface area contributed by atoms with Gasteiger partial charge in [0.2, 0.25) is 0 Å². The highest BCUT2D eigenvalue weighted by Crippen LogP contribution is 2.32. The third kappa shape index (κ3) is 8.48. The summed E-state index contributed by atoms with van der Waals surface area (Å²) in [6.07, 6.45) is 3.42. The lowest BCUT2D eigenvalue weighted by molar-refractivity contribution is 0.0720. The minimum absolute atomic E-state index is 0.0293. The Labute approximate surface area is 298 Å². The minimum Gasteiger partial charge on any atom is -0.423 e. The number of carbonyl (C=O) groups excluding carboxylic acids is 3. The first-order valence-electron chi connectivity index (χ1n) is 13.4. The zero-order valence-corrected chi connectivity index (χ0v) is 28.1. The second-order valence-electron chi connectivity index (χ2n) is 9.60. The Kier molecular flexibility index (Phi) is 11.1. The molecule has 6 nitrogen and oxygen atoms in total. The van der Waals surface area contributed by atoms with Crippen molar-refractivity contribution in [3.63, 3.8) is 0 Å². The summed E-state index contributed by atoms with van der Waals surface area (Å²) in [6.45, 7) is 0. The Morgan fingerprint density at radius 2 is 0.723 bits per heavy atom. The predicted octanol–water partition coefficient (Wildman–Crippen LogP) is 11.4. The summed E-state index contributed by atoms with van der Waals surface area (Å²) >= 11 is 37.0.